The largest absolute Gasteiger partial charge is 0.288 e. The summed E-state index contributed by atoms with van der Waals surface area (Å²) < 4.78 is 50.8. The van der Waals surface area contributed by atoms with Gasteiger partial charge < -0.3 is 0 Å². The van der Waals surface area contributed by atoms with Gasteiger partial charge in [-0.25, -0.2) is 26.5 Å². The molecule has 0 amide bonds. The molecule has 2 heterocycles. The van der Waals surface area contributed by atoms with Gasteiger partial charge in [-0.05, 0) is 19.1 Å². The van der Waals surface area contributed by atoms with E-state index in [0.29, 0.717) is 5.65 Å². The summed E-state index contributed by atoms with van der Waals surface area (Å²) in [6.07, 6.45) is 2.56. The summed E-state index contributed by atoms with van der Waals surface area (Å²) in [6.45, 7) is 1.47. The van der Waals surface area contributed by atoms with Gasteiger partial charge in [0.25, 0.3) is 10.0 Å². The number of nitrogens with one attached hydrogen (secondary N) is 1. The summed E-state index contributed by atoms with van der Waals surface area (Å²) in [5.74, 6) is -0.305. The van der Waals surface area contributed by atoms with Crippen molar-refractivity contribution in [1.82, 2.24) is 14.1 Å². The minimum Gasteiger partial charge on any atom is -0.288 e. The van der Waals surface area contributed by atoms with E-state index >= 15 is 0 Å². The first kappa shape index (κ1) is 16.2. The van der Waals surface area contributed by atoms with E-state index in [9.17, 15) is 16.8 Å². The molecule has 0 saturated carbocycles. The zero-order valence-corrected chi connectivity index (χ0v) is 13.7. The molecular weight excluding hydrogens is 338 g/mol. The Morgan fingerprint density at radius 1 is 1.33 bits per heavy atom. The van der Waals surface area contributed by atoms with Gasteiger partial charge in [-0.2, -0.15) is 0 Å². The summed E-state index contributed by atoms with van der Waals surface area (Å²) in [5.41, 5.74) is 0.388. The first-order chi connectivity index (χ1) is 9.60. The molecule has 21 heavy (non-hydrogen) atoms. The summed E-state index contributed by atoms with van der Waals surface area (Å²) in [5, 5.41) is -0.375. The maximum Gasteiger partial charge on any atom is 0.260 e. The SMILES string of the molecule is CC(CS(C)(=O)=O)NS(=O)(=O)c1c(Cl)nc2ccccn12. The first-order valence-electron chi connectivity index (χ1n) is 5.93. The van der Waals surface area contributed by atoms with Crippen LogP contribution in [0.15, 0.2) is 29.4 Å². The van der Waals surface area contributed by atoms with Gasteiger partial charge >= 0.3 is 0 Å². The van der Waals surface area contributed by atoms with Crippen LogP contribution in [0.25, 0.3) is 5.65 Å². The van der Waals surface area contributed by atoms with Crippen molar-refractivity contribution >= 4 is 37.1 Å². The summed E-state index contributed by atoms with van der Waals surface area (Å²) in [4.78, 5) is 3.95. The Morgan fingerprint density at radius 3 is 2.62 bits per heavy atom. The van der Waals surface area contributed by atoms with Gasteiger partial charge in [0, 0.05) is 18.5 Å². The molecule has 0 radical (unpaired) electrons. The van der Waals surface area contributed by atoms with Gasteiger partial charge in [0.15, 0.2) is 10.2 Å². The molecule has 2 rings (SSSR count). The Balaban J connectivity index is 2.41. The van der Waals surface area contributed by atoms with Gasteiger partial charge in [0.2, 0.25) is 0 Å². The Labute approximate surface area is 127 Å². The third-order valence-corrected chi connectivity index (χ3v) is 5.70. The van der Waals surface area contributed by atoms with Crippen LogP contribution in [0.2, 0.25) is 5.15 Å². The van der Waals surface area contributed by atoms with Crippen molar-refractivity contribution in [2.75, 3.05) is 12.0 Å². The van der Waals surface area contributed by atoms with Crippen molar-refractivity contribution in [3.63, 3.8) is 0 Å². The lowest BCUT2D eigenvalue weighted by atomic mass is 10.4. The van der Waals surface area contributed by atoms with E-state index in [1.54, 1.807) is 18.2 Å². The second kappa shape index (κ2) is 5.56. The van der Waals surface area contributed by atoms with Crippen molar-refractivity contribution in [3.8, 4) is 0 Å². The minimum absolute atomic E-state index is 0.166. The zero-order valence-electron chi connectivity index (χ0n) is 11.3. The van der Waals surface area contributed by atoms with E-state index in [4.69, 9.17) is 11.6 Å². The number of sulfone groups is 1. The van der Waals surface area contributed by atoms with E-state index in [0.717, 1.165) is 6.26 Å². The normalized spacial score (nSPS) is 14.4. The van der Waals surface area contributed by atoms with E-state index in [2.05, 4.69) is 9.71 Å². The fourth-order valence-corrected chi connectivity index (χ4v) is 4.98. The third kappa shape index (κ3) is 3.73. The van der Waals surface area contributed by atoms with E-state index < -0.39 is 25.9 Å². The molecule has 0 saturated heterocycles. The van der Waals surface area contributed by atoms with Gasteiger partial charge in [0.05, 0.1) is 5.75 Å². The highest BCUT2D eigenvalue weighted by molar-refractivity contribution is 7.91. The van der Waals surface area contributed by atoms with Crippen molar-refractivity contribution < 1.29 is 16.8 Å². The average Bonchev–Trinajstić information content (AvgIpc) is 2.61. The quantitative estimate of drug-likeness (QED) is 0.855. The van der Waals surface area contributed by atoms with Crippen LogP contribution in [0, 0.1) is 0 Å². The monoisotopic (exact) mass is 351 g/mol. The molecule has 116 valence electrons. The number of fused-ring (bicyclic) bond motifs is 1. The molecule has 0 aliphatic heterocycles. The van der Waals surface area contributed by atoms with Gasteiger partial charge in [-0.3, -0.25) is 4.40 Å². The number of imidazole rings is 1. The van der Waals surface area contributed by atoms with Crippen LogP contribution in [-0.2, 0) is 19.9 Å². The van der Waals surface area contributed by atoms with Crippen molar-refractivity contribution in [2.45, 2.75) is 18.0 Å². The van der Waals surface area contributed by atoms with Crippen molar-refractivity contribution in [2.24, 2.45) is 0 Å². The standard InChI is InChI=1S/C11H14ClN3O4S2/c1-8(7-20(2,16)17)14-21(18,19)11-10(12)13-9-5-3-4-6-15(9)11/h3-6,8,14H,7H2,1-2H3. The Morgan fingerprint density at radius 2 is 2.00 bits per heavy atom. The topological polar surface area (TPSA) is 97.6 Å². The molecule has 1 unspecified atom stereocenters. The molecule has 2 aromatic heterocycles. The number of halogens is 1. The first-order valence-corrected chi connectivity index (χ1v) is 9.85. The maximum absolute atomic E-state index is 12.4. The Hall–Kier alpha value is -1.16. The molecule has 0 bridgehead atoms. The highest BCUT2D eigenvalue weighted by Gasteiger charge is 2.26. The molecule has 0 aliphatic rings. The highest BCUT2D eigenvalue weighted by atomic mass is 35.5. The number of pyridine rings is 1. The van der Waals surface area contributed by atoms with Crippen LogP contribution >= 0.6 is 11.6 Å². The fraction of sp³-hybridized carbons (Fsp3) is 0.364. The molecule has 1 atom stereocenters. The molecule has 10 heteroatoms. The zero-order chi connectivity index (χ0) is 15.8. The maximum atomic E-state index is 12.4. The van der Waals surface area contributed by atoms with Crippen LogP contribution in [0.3, 0.4) is 0 Å². The molecule has 7 nitrogen and oxygen atoms in total. The predicted molar refractivity (Wildman–Crippen MR) is 79.7 cm³/mol. The van der Waals surface area contributed by atoms with Gasteiger partial charge in [-0.15, -0.1) is 0 Å². The van der Waals surface area contributed by atoms with Crippen molar-refractivity contribution in [1.29, 1.82) is 0 Å². The van der Waals surface area contributed by atoms with E-state index in [1.165, 1.54) is 17.5 Å². The van der Waals surface area contributed by atoms with Gasteiger partial charge in [-0.1, -0.05) is 17.7 Å². The molecule has 0 fully saturated rings. The van der Waals surface area contributed by atoms with Gasteiger partial charge in [0.1, 0.15) is 15.5 Å². The van der Waals surface area contributed by atoms with E-state index in [1.807, 2.05) is 0 Å². The van der Waals surface area contributed by atoms with Crippen LogP contribution in [0.4, 0.5) is 0 Å². The number of rotatable bonds is 5. The van der Waals surface area contributed by atoms with Crippen LogP contribution in [-0.4, -0.2) is 44.3 Å². The summed E-state index contributed by atoms with van der Waals surface area (Å²) in [7, 11) is -7.29. The predicted octanol–water partition coefficient (Wildman–Crippen LogP) is 0.699. The third-order valence-electron chi connectivity index (χ3n) is 2.61. The van der Waals surface area contributed by atoms with Crippen LogP contribution < -0.4 is 4.72 Å². The summed E-state index contributed by atoms with van der Waals surface area (Å²) in [6, 6.07) is 4.18. The van der Waals surface area contributed by atoms with Crippen molar-refractivity contribution in [3.05, 3.63) is 29.5 Å². The number of hydrogen-bond acceptors (Lipinski definition) is 5. The fourth-order valence-electron chi connectivity index (χ4n) is 1.99. The molecule has 0 aliphatic carbocycles. The second-order valence-electron chi connectivity index (χ2n) is 4.75. The smallest absolute Gasteiger partial charge is 0.260 e. The minimum atomic E-state index is -3.99. The van der Waals surface area contributed by atoms with Crippen LogP contribution in [0.5, 0.6) is 0 Å². The molecule has 2 aromatic rings. The lowest BCUT2D eigenvalue weighted by molar-refractivity contribution is 0.560. The molecule has 1 N–H and O–H groups in total. The lowest BCUT2D eigenvalue weighted by Gasteiger charge is -2.13. The number of aromatic nitrogens is 2. The van der Waals surface area contributed by atoms with E-state index in [-0.39, 0.29) is 15.9 Å². The average molecular weight is 352 g/mol. The molecule has 0 spiro atoms. The summed E-state index contributed by atoms with van der Waals surface area (Å²) >= 11 is 5.90. The lowest BCUT2D eigenvalue weighted by Crippen LogP contribution is -2.37. The Kier molecular flexibility index (Phi) is 4.29. The molecule has 0 aromatic carbocycles. The highest BCUT2D eigenvalue weighted by Crippen LogP contribution is 2.22. The van der Waals surface area contributed by atoms with Crippen LogP contribution in [0.1, 0.15) is 6.92 Å². The Bertz CT molecular complexity index is 874. The number of nitrogens with zero attached hydrogens (tertiary/aromatic N) is 2. The second-order valence-corrected chi connectivity index (χ2v) is 8.92. The number of hydrogen-bond donors (Lipinski definition) is 1. The molecular formula is C11H14ClN3O4S2. The number of sulfonamides is 1.